The lowest BCUT2D eigenvalue weighted by Crippen LogP contribution is -2.29. The van der Waals surface area contributed by atoms with Crippen LogP contribution in [0.3, 0.4) is 0 Å². The largest absolute Gasteiger partial charge is 0.573 e. The molecule has 0 saturated carbocycles. The van der Waals surface area contributed by atoms with Crippen molar-refractivity contribution in [2.75, 3.05) is 10.7 Å². The Hall–Kier alpha value is -4.49. The van der Waals surface area contributed by atoms with Crippen LogP contribution in [0.15, 0.2) is 94.9 Å². The number of aromatic nitrogens is 3. The van der Waals surface area contributed by atoms with E-state index < -0.39 is 6.36 Å². The first-order valence-corrected chi connectivity index (χ1v) is 15.6. The molecule has 8 nitrogen and oxygen atoms in total. The van der Waals surface area contributed by atoms with Crippen molar-refractivity contribution in [3.05, 3.63) is 102 Å². The molecular weight excluding hydrogens is 620 g/mol. The number of thiocarbonyl (C=S) groups is 1. The van der Waals surface area contributed by atoms with E-state index in [0.717, 1.165) is 33.4 Å². The van der Waals surface area contributed by atoms with E-state index >= 15 is 0 Å². The number of halogens is 3. The molecule has 2 aliphatic heterocycles. The highest BCUT2D eigenvalue weighted by atomic mass is 32.2. The molecule has 0 aliphatic carbocycles. The Morgan fingerprint density at radius 1 is 1.11 bits per heavy atom. The summed E-state index contributed by atoms with van der Waals surface area (Å²) in [6.07, 6.45) is -0.304. The van der Waals surface area contributed by atoms with E-state index in [1.807, 2.05) is 31.2 Å². The molecule has 2 aliphatic rings. The van der Waals surface area contributed by atoms with Crippen molar-refractivity contribution in [2.45, 2.75) is 39.5 Å². The minimum absolute atomic E-state index is 0.280. The summed E-state index contributed by atoms with van der Waals surface area (Å²) in [6.45, 7) is 6.31. The third kappa shape index (κ3) is 6.79. The lowest BCUT2D eigenvalue weighted by Gasteiger charge is -2.30. The first kappa shape index (κ1) is 30.5. The summed E-state index contributed by atoms with van der Waals surface area (Å²) in [6, 6.07) is 19.6. The monoisotopic (exact) mass is 647 g/mol. The molecule has 1 unspecified atom stereocenters. The van der Waals surface area contributed by atoms with Gasteiger partial charge in [0.05, 0.1) is 17.1 Å². The molecule has 45 heavy (non-hydrogen) atoms. The molecule has 1 atom stereocenters. The molecule has 1 aromatic heterocycles. The average molecular weight is 648 g/mol. The van der Waals surface area contributed by atoms with Crippen LogP contribution in [0.2, 0.25) is 0 Å². The van der Waals surface area contributed by atoms with Crippen LogP contribution in [0, 0.1) is 6.92 Å². The summed E-state index contributed by atoms with van der Waals surface area (Å²) < 4.78 is 42.7. The summed E-state index contributed by atoms with van der Waals surface area (Å²) >= 11 is 7.22. The number of allylic oxidation sites excluding steroid dienone is 1. The highest BCUT2D eigenvalue weighted by Crippen LogP contribution is 2.43. The van der Waals surface area contributed by atoms with Crippen LogP contribution < -0.4 is 15.1 Å². The van der Waals surface area contributed by atoms with Gasteiger partial charge in [-0.3, -0.25) is 10.3 Å². The molecule has 1 N–H and O–H groups in total. The number of rotatable bonds is 6. The molecule has 3 aromatic carbocycles. The minimum Gasteiger partial charge on any atom is -0.406 e. The zero-order valence-corrected chi connectivity index (χ0v) is 26.2. The maximum Gasteiger partial charge on any atom is 0.573 e. The second-order valence-corrected chi connectivity index (χ2v) is 11.8. The van der Waals surface area contributed by atoms with E-state index in [9.17, 15) is 13.2 Å². The normalized spacial score (nSPS) is 17.2. The van der Waals surface area contributed by atoms with Crippen molar-refractivity contribution in [3.8, 4) is 22.8 Å². The summed E-state index contributed by atoms with van der Waals surface area (Å²) in [5.41, 5.74) is 10.8. The Morgan fingerprint density at radius 3 is 2.58 bits per heavy atom. The quantitative estimate of drug-likeness (QED) is 0.130. The summed E-state index contributed by atoms with van der Waals surface area (Å²) in [7, 11) is 0. The second kappa shape index (κ2) is 12.5. The number of benzene rings is 3. The molecular formula is C32H28F3N7OS2. The number of fused-ring (bicyclic) bond motifs is 3. The SMILES string of the molecule is CC/C(=N\NC(=S)/N=C1\SCC2=CC(C)c3ccc(C)cc3N21)c1ccc(-c2ncn(-c3ccc(OC(F)(F)F)cc3)n2)cc1. The van der Waals surface area contributed by atoms with Gasteiger partial charge in [0.1, 0.15) is 12.1 Å². The van der Waals surface area contributed by atoms with Gasteiger partial charge in [-0.2, -0.15) is 10.1 Å². The van der Waals surface area contributed by atoms with Crippen LogP contribution in [0.1, 0.15) is 42.9 Å². The molecule has 1 fully saturated rings. The fourth-order valence-electron chi connectivity index (χ4n) is 5.17. The van der Waals surface area contributed by atoms with E-state index in [0.29, 0.717) is 23.9 Å². The number of aliphatic imine (C=N–C) groups is 1. The number of ether oxygens (including phenoxy) is 1. The zero-order chi connectivity index (χ0) is 31.7. The number of hydrazone groups is 1. The Balaban J connectivity index is 1.13. The van der Waals surface area contributed by atoms with Crippen LogP contribution in [0.4, 0.5) is 18.9 Å². The molecule has 1 saturated heterocycles. The molecule has 0 bridgehead atoms. The highest BCUT2D eigenvalue weighted by Gasteiger charge is 2.33. The van der Waals surface area contributed by atoms with E-state index in [1.165, 1.54) is 52.1 Å². The van der Waals surface area contributed by atoms with Gasteiger partial charge in [0.25, 0.3) is 0 Å². The van der Waals surface area contributed by atoms with Crippen LogP contribution >= 0.6 is 24.0 Å². The topological polar surface area (TPSA) is 79.9 Å². The molecule has 0 amide bonds. The van der Waals surface area contributed by atoms with Crippen molar-refractivity contribution in [1.82, 2.24) is 20.2 Å². The van der Waals surface area contributed by atoms with Gasteiger partial charge in [0.2, 0.25) is 5.11 Å². The van der Waals surface area contributed by atoms with Crippen LogP contribution in [0.5, 0.6) is 5.75 Å². The van der Waals surface area contributed by atoms with Crippen molar-refractivity contribution < 1.29 is 17.9 Å². The van der Waals surface area contributed by atoms with E-state index in [-0.39, 0.29) is 10.9 Å². The lowest BCUT2D eigenvalue weighted by atomic mass is 9.93. The maximum atomic E-state index is 12.4. The van der Waals surface area contributed by atoms with Crippen molar-refractivity contribution >= 4 is 45.7 Å². The number of alkyl halides is 3. The highest BCUT2D eigenvalue weighted by molar-refractivity contribution is 8.14. The van der Waals surface area contributed by atoms with Gasteiger partial charge < -0.3 is 4.74 Å². The summed E-state index contributed by atoms with van der Waals surface area (Å²) in [4.78, 5) is 11.3. The molecule has 13 heteroatoms. The number of amidine groups is 1. The molecule has 0 spiro atoms. The molecule has 3 heterocycles. The van der Waals surface area contributed by atoms with Crippen molar-refractivity contribution in [1.29, 1.82) is 0 Å². The van der Waals surface area contributed by atoms with E-state index in [1.54, 1.807) is 11.8 Å². The summed E-state index contributed by atoms with van der Waals surface area (Å²) in [5.74, 6) is 1.34. The van der Waals surface area contributed by atoms with Gasteiger partial charge in [-0.1, -0.05) is 68.1 Å². The fourth-order valence-corrected chi connectivity index (χ4v) is 6.36. The lowest BCUT2D eigenvalue weighted by molar-refractivity contribution is -0.274. The Kier molecular flexibility index (Phi) is 8.47. The van der Waals surface area contributed by atoms with Gasteiger partial charge in [-0.15, -0.1) is 18.3 Å². The van der Waals surface area contributed by atoms with Gasteiger partial charge in [0.15, 0.2) is 11.0 Å². The Labute approximate surface area is 267 Å². The van der Waals surface area contributed by atoms with Crippen LogP contribution in [-0.2, 0) is 0 Å². The first-order chi connectivity index (χ1) is 21.6. The molecule has 230 valence electrons. The minimum atomic E-state index is -4.75. The fraction of sp³-hybridized carbons (Fsp3) is 0.219. The van der Waals surface area contributed by atoms with Crippen LogP contribution in [-0.4, -0.2) is 42.9 Å². The predicted molar refractivity (Wildman–Crippen MR) is 176 cm³/mol. The Morgan fingerprint density at radius 2 is 1.87 bits per heavy atom. The zero-order valence-electron chi connectivity index (χ0n) is 24.5. The van der Waals surface area contributed by atoms with Gasteiger partial charge in [-0.05, 0) is 72.6 Å². The smallest absolute Gasteiger partial charge is 0.406 e. The number of hydrogen-bond acceptors (Lipinski definition) is 6. The third-order valence-corrected chi connectivity index (χ3v) is 8.46. The van der Waals surface area contributed by atoms with Gasteiger partial charge in [0, 0.05) is 22.9 Å². The second-order valence-electron chi connectivity index (χ2n) is 10.5. The number of aryl methyl sites for hydroxylation is 1. The average Bonchev–Trinajstić information content (AvgIpc) is 3.65. The van der Waals surface area contributed by atoms with Crippen LogP contribution in [0.25, 0.3) is 17.1 Å². The van der Waals surface area contributed by atoms with E-state index in [4.69, 9.17) is 17.2 Å². The van der Waals surface area contributed by atoms with Gasteiger partial charge in [-0.25, -0.2) is 9.67 Å². The third-order valence-electron chi connectivity index (χ3n) is 7.31. The number of anilines is 1. The predicted octanol–water partition coefficient (Wildman–Crippen LogP) is 7.74. The molecule has 6 rings (SSSR count). The van der Waals surface area contributed by atoms with E-state index in [2.05, 4.69) is 68.4 Å². The maximum absolute atomic E-state index is 12.4. The molecule has 4 aromatic rings. The van der Waals surface area contributed by atoms with Crippen molar-refractivity contribution in [2.24, 2.45) is 10.1 Å². The number of thioether (sulfide) groups is 1. The molecule has 0 radical (unpaired) electrons. The number of nitrogens with one attached hydrogen (secondary N) is 1. The van der Waals surface area contributed by atoms with Crippen molar-refractivity contribution in [3.63, 3.8) is 0 Å². The summed E-state index contributed by atoms with van der Waals surface area (Å²) in [5, 5.41) is 10.1. The Bertz CT molecular complexity index is 1830. The number of hydrogen-bond donors (Lipinski definition) is 1. The number of nitrogens with zero attached hydrogens (tertiary/aromatic N) is 6. The standard InChI is InChI=1S/C32H28F3N7OS2/c1-4-27(38-39-30(44)37-31-42-24(17-45-31)16-20(3)26-14-5-19(2)15-28(26)42)21-6-8-22(9-7-21)29-36-18-41(40-29)23-10-12-25(13-11-23)43-32(33,34)35/h5-16,18,20H,4,17H2,1-3H3,(H,39,44)/b37-31-,38-27+. The van der Waals surface area contributed by atoms with Gasteiger partial charge >= 0.3 is 6.36 Å². The first-order valence-electron chi connectivity index (χ1n) is 14.2.